The maximum absolute atomic E-state index is 5.42. The second kappa shape index (κ2) is 7.83. The summed E-state index contributed by atoms with van der Waals surface area (Å²) in [6.07, 6.45) is 1.65. The summed E-state index contributed by atoms with van der Waals surface area (Å²) in [6.45, 7) is 0. The molecule has 0 aliphatic rings. The number of aromatic amines is 1. The number of H-pyrrole nitrogens is 1. The average Bonchev–Trinajstić information content (AvgIpc) is 3.06. The van der Waals surface area contributed by atoms with E-state index in [1.807, 2.05) is 42.5 Å². The van der Waals surface area contributed by atoms with Crippen LogP contribution in [0.25, 0.3) is 11.4 Å². The number of aromatic nitrogens is 3. The van der Waals surface area contributed by atoms with E-state index >= 15 is 0 Å². The summed E-state index contributed by atoms with van der Waals surface area (Å²) in [5, 5.41) is 11.5. The molecule has 2 aromatic carbocycles. The normalized spacial score (nSPS) is 10.9. The Morgan fingerprint density at radius 2 is 1.88 bits per heavy atom. The van der Waals surface area contributed by atoms with Gasteiger partial charge in [0.2, 0.25) is 4.77 Å². The molecule has 3 aromatic rings. The number of benzene rings is 2. The van der Waals surface area contributed by atoms with Crippen molar-refractivity contribution >= 4 is 18.4 Å². The fourth-order valence-corrected chi connectivity index (χ4v) is 2.66. The van der Waals surface area contributed by atoms with Gasteiger partial charge in [-0.05, 0) is 36.5 Å². The molecule has 0 amide bonds. The van der Waals surface area contributed by atoms with Gasteiger partial charge in [0.15, 0.2) is 17.3 Å². The Morgan fingerprint density at radius 1 is 1.08 bits per heavy atom. The molecule has 0 unspecified atom stereocenters. The summed E-state index contributed by atoms with van der Waals surface area (Å²) in [5.41, 5.74) is 1.58. The molecule has 0 aliphatic carbocycles. The summed E-state index contributed by atoms with van der Waals surface area (Å²) in [4.78, 5) is 0. The van der Waals surface area contributed by atoms with Crippen LogP contribution in [0.4, 0.5) is 0 Å². The highest BCUT2D eigenvalue weighted by Gasteiger charge is 2.11. The van der Waals surface area contributed by atoms with Gasteiger partial charge in [0.05, 0.1) is 27.5 Å². The van der Waals surface area contributed by atoms with Gasteiger partial charge in [0.25, 0.3) is 0 Å². The first-order valence-electron chi connectivity index (χ1n) is 7.75. The molecule has 1 heterocycles. The first-order valence-corrected chi connectivity index (χ1v) is 8.16. The molecule has 0 radical (unpaired) electrons. The van der Waals surface area contributed by atoms with Crippen LogP contribution < -0.4 is 14.2 Å². The van der Waals surface area contributed by atoms with Gasteiger partial charge < -0.3 is 14.2 Å². The molecule has 1 N–H and O–H groups in total. The van der Waals surface area contributed by atoms with Crippen LogP contribution in [0.5, 0.6) is 17.2 Å². The predicted molar refractivity (Wildman–Crippen MR) is 102 cm³/mol. The Kier molecular flexibility index (Phi) is 5.33. The van der Waals surface area contributed by atoms with Crippen LogP contribution in [0.2, 0.25) is 0 Å². The Labute approximate surface area is 155 Å². The van der Waals surface area contributed by atoms with E-state index in [9.17, 15) is 0 Å². The number of rotatable bonds is 6. The van der Waals surface area contributed by atoms with E-state index in [1.54, 1.807) is 32.2 Å². The number of nitrogens with one attached hydrogen (secondary N) is 1. The van der Waals surface area contributed by atoms with Crippen LogP contribution in [-0.4, -0.2) is 42.4 Å². The molecule has 3 rings (SSSR count). The molecule has 0 bridgehead atoms. The van der Waals surface area contributed by atoms with Crippen molar-refractivity contribution < 1.29 is 14.2 Å². The molecule has 0 saturated heterocycles. The molecular formula is C18H18N4O3S. The summed E-state index contributed by atoms with van der Waals surface area (Å²) in [7, 11) is 4.79. The van der Waals surface area contributed by atoms with E-state index in [2.05, 4.69) is 15.3 Å². The maximum Gasteiger partial charge on any atom is 0.216 e. The molecular weight excluding hydrogens is 352 g/mol. The molecule has 1 aromatic heterocycles. The summed E-state index contributed by atoms with van der Waals surface area (Å²) in [5.74, 6) is 2.52. The van der Waals surface area contributed by atoms with Crippen LogP contribution in [-0.2, 0) is 0 Å². The van der Waals surface area contributed by atoms with Crippen LogP contribution in [0.1, 0.15) is 5.56 Å². The third-order valence-electron chi connectivity index (χ3n) is 3.72. The minimum absolute atomic E-state index is 0.376. The van der Waals surface area contributed by atoms with Gasteiger partial charge in [0, 0.05) is 11.1 Å². The number of nitrogens with zero attached hydrogens (tertiary/aromatic N) is 3. The van der Waals surface area contributed by atoms with Crippen molar-refractivity contribution in [2.45, 2.75) is 0 Å². The number of para-hydroxylation sites is 1. The topological polar surface area (TPSA) is 73.7 Å². The number of methoxy groups -OCH3 is 3. The maximum atomic E-state index is 5.42. The quantitative estimate of drug-likeness (QED) is 0.531. The summed E-state index contributed by atoms with van der Waals surface area (Å²) < 4.78 is 17.9. The molecule has 134 valence electrons. The van der Waals surface area contributed by atoms with Crippen LogP contribution >= 0.6 is 12.2 Å². The summed E-state index contributed by atoms with van der Waals surface area (Å²) in [6, 6.07) is 13.1. The Bertz CT molecular complexity index is 994. The Hall–Kier alpha value is -3.13. The Balaban J connectivity index is 2.03. The first kappa shape index (κ1) is 17.7. The molecule has 8 heteroatoms. The van der Waals surface area contributed by atoms with Crippen molar-refractivity contribution in [1.82, 2.24) is 14.9 Å². The first-order chi connectivity index (χ1) is 12.7. The number of hydrogen-bond donors (Lipinski definition) is 1. The molecule has 0 spiro atoms. The van der Waals surface area contributed by atoms with Gasteiger partial charge in [-0.2, -0.15) is 14.9 Å². The third-order valence-corrected chi connectivity index (χ3v) is 3.99. The van der Waals surface area contributed by atoms with E-state index in [1.165, 1.54) is 0 Å². The lowest BCUT2D eigenvalue weighted by Crippen LogP contribution is -1.98. The highest BCUT2D eigenvalue weighted by atomic mass is 32.1. The van der Waals surface area contributed by atoms with Crippen molar-refractivity contribution in [2.24, 2.45) is 5.10 Å². The lowest BCUT2D eigenvalue weighted by molar-refractivity contribution is 0.354. The smallest absolute Gasteiger partial charge is 0.216 e. The van der Waals surface area contributed by atoms with Crippen LogP contribution in [0.15, 0.2) is 47.6 Å². The molecule has 7 nitrogen and oxygen atoms in total. The van der Waals surface area contributed by atoms with Crippen LogP contribution in [0.3, 0.4) is 0 Å². The third kappa shape index (κ3) is 3.45. The largest absolute Gasteiger partial charge is 0.497 e. The SMILES string of the molecule is COc1cccc(-c2n[nH]c(=S)n2/N=C\c2cccc(OC)c2OC)c1. The highest BCUT2D eigenvalue weighted by molar-refractivity contribution is 7.71. The second-order valence-corrected chi connectivity index (χ2v) is 5.61. The molecule has 0 fully saturated rings. The van der Waals surface area contributed by atoms with Crippen molar-refractivity contribution in [3.63, 3.8) is 0 Å². The van der Waals surface area contributed by atoms with Crippen LogP contribution in [0, 0.1) is 4.77 Å². The fourth-order valence-electron chi connectivity index (χ4n) is 2.48. The lowest BCUT2D eigenvalue weighted by Gasteiger charge is -2.09. The fraction of sp³-hybridized carbons (Fsp3) is 0.167. The molecule has 0 aliphatic heterocycles. The zero-order valence-corrected chi connectivity index (χ0v) is 15.4. The minimum Gasteiger partial charge on any atom is -0.497 e. The van der Waals surface area contributed by atoms with E-state index in [0.29, 0.717) is 22.1 Å². The van der Waals surface area contributed by atoms with Gasteiger partial charge in [0.1, 0.15) is 5.75 Å². The number of ether oxygens (including phenoxy) is 3. The lowest BCUT2D eigenvalue weighted by atomic mass is 10.2. The van der Waals surface area contributed by atoms with Gasteiger partial charge >= 0.3 is 0 Å². The summed E-state index contributed by atoms with van der Waals surface area (Å²) >= 11 is 5.30. The van der Waals surface area contributed by atoms with Gasteiger partial charge in [-0.25, -0.2) is 5.10 Å². The van der Waals surface area contributed by atoms with E-state index < -0.39 is 0 Å². The predicted octanol–water partition coefficient (Wildman–Crippen LogP) is 3.52. The van der Waals surface area contributed by atoms with Crippen molar-refractivity contribution in [2.75, 3.05) is 21.3 Å². The average molecular weight is 370 g/mol. The molecule has 0 atom stereocenters. The second-order valence-electron chi connectivity index (χ2n) is 5.22. The van der Waals surface area contributed by atoms with Gasteiger partial charge in [-0.1, -0.05) is 18.2 Å². The van der Waals surface area contributed by atoms with Gasteiger partial charge in [-0.3, -0.25) is 0 Å². The van der Waals surface area contributed by atoms with E-state index in [0.717, 1.165) is 16.9 Å². The zero-order valence-electron chi connectivity index (χ0n) is 14.6. The van der Waals surface area contributed by atoms with Crippen molar-refractivity contribution in [3.05, 3.63) is 52.8 Å². The monoisotopic (exact) mass is 370 g/mol. The van der Waals surface area contributed by atoms with Crippen molar-refractivity contribution in [1.29, 1.82) is 0 Å². The molecule has 0 saturated carbocycles. The highest BCUT2D eigenvalue weighted by Crippen LogP contribution is 2.29. The van der Waals surface area contributed by atoms with E-state index in [-0.39, 0.29) is 0 Å². The van der Waals surface area contributed by atoms with E-state index in [4.69, 9.17) is 26.4 Å². The zero-order chi connectivity index (χ0) is 18.5. The van der Waals surface area contributed by atoms with Gasteiger partial charge in [-0.15, -0.1) is 0 Å². The van der Waals surface area contributed by atoms with Crippen molar-refractivity contribution in [3.8, 4) is 28.6 Å². The minimum atomic E-state index is 0.376. The standard InChI is InChI=1S/C18H18N4O3S/c1-23-14-8-4-6-12(10-14)17-20-21-18(26)22(17)19-11-13-7-5-9-15(24-2)16(13)25-3/h4-11H,1-3H3,(H,21,26)/b19-11-. The molecule has 26 heavy (non-hydrogen) atoms. The number of hydrogen-bond acceptors (Lipinski definition) is 6. The Morgan fingerprint density at radius 3 is 2.62 bits per heavy atom.